The SMILES string of the molecule is Cc1cc(C)c(C)c(S(=O)(=O)Nc2ccc(S(=O)(=O)N3CC(C)CC(C)C3)cc2)c1C. The van der Waals surface area contributed by atoms with E-state index >= 15 is 0 Å². The van der Waals surface area contributed by atoms with Gasteiger partial charge in [0.05, 0.1) is 9.79 Å². The summed E-state index contributed by atoms with van der Waals surface area (Å²) >= 11 is 0. The largest absolute Gasteiger partial charge is 0.280 e. The van der Waals surface area contributed by atoms with Gasteiger partial charge in [0.2, 0.25) is 10.0 Å². The van der Waals surface area contributed by atoms with Crippen LogP contribution in [0, 0.1) is 39.5 Å². The zero-order valence-electron chi connectivity index (χ0n) is 19.1. The second-order valence-corrected chi connectivity index (χ2v) is 12.5. The van der Waals surface area contributed by atoms with Crippen LogP contribution in [0.3, 0.4) is 0 Å². The van der Waals surface area contributed by atoms with Gasteiger partial charge in [0.15, 0.2) is 0 Å². The summed E-state index contributed by atoms with van der Waals surface area (Å²) in [4.78, 5) is 0.452. The Hall–Kier alpha value is -1.90. The van der Waals surface area contributed by atoms with Crippen LogP contribution >= 0.6 is 0 Å². The standard InChI is InChI=1S/C23H32N2O4S2/c1-15-11-16(2)14-25(13-15)31(28,29)22-9-7-21(8-10-22)24-30(26,27)23-19(5)17(3)12-18(4)20(23)6/h7-10,12,15-16,24H,11,13-14H2,1-6H3. The Morgan fingerprint density at radius 2 is 1.32 bits per heavy atom. The smallest absolute Gasteiger partial charge is 0.262 e. The van der Waals surface area contributed by atoms with Crippen molar-refractivity contribution in [1.82, 2.24) is 4.31 Å². The molecule has 3 rings (SSSR count). The van der Waals surface area contributed by atoms with Crippen LogP contribution in [0.2, 0.25) is 0 Å². The molecule has 0 aromatic heterocycles. The molecule has 1 saturated heterocycles. The van der Waals surface area contributed by atoms with Crippen molar-refractivity contribution in [3.05, 3.63) is 52.6 Å². The lowest BCUT2D eigenvalue weighted by Crippen LogP contribution is -2.42. The number of benzene rings is 2. The number of piperidine rings is 1. The van der Waals surface area contributed by atoms with Crippen LogP contribution in [-0.2, 0) is 20.0 Å². The second-order valence-electron chi connectivity index (χ2n) is 8.99. The number of aryl methyl sites for hydroxylation is 2. The molecule has 1 heterocycles. The maximum Gasteiger partial charge on any atom is 0.262 e. The highest BCUT2D eigenvalue weighted by molar-refractivity contribution is 7.92. The maximum absolute atomic E-state index is 13.1. The molecule has 2 unspecified atom stereocenters. The van der Waals surface area contributed by atoms with E-state index in [0.717, 1.165) is 17.5 Å². The Morgan fingerprint density at radius 1 is 0.839 bits per heavy atom. The third kappa shape index (κ3) is 4.81. The normalized spacial score (nSPS) is 20.6. The Morgan fingerprint density at radius 3 is 1.81 bits per heavy atom. The van der Waals surface area contributed by atoms with Crippen LogP contribution in [0.15, 0.2) is 40.1 Å². The quantitative estimate of drug-likeness (QED) is 0.711. The Kier molecular flexibility index (Phi) is 6.56. The molecule has 0 aliphatic carbocycles. The van der Waals surface area contributed by atoms with E-state index in [-0.39, 0.29) is 9.79 Å². The summed E-state index contributed by atoms with van der Waals surface area (Å²) in [6, 6.07) is 7.94. The summed E-state index contributed by atoms with van der Waals surface area (Å²) in [7, 11) is -7.42. The van der Waals surface area contributed by atoms with Crippen molar-refractivity contribution in [3.63, 3.8) is 0 Å². The molecule has 0 amide bonds. The molecule has 1 fully saturated rings. The predicted molar refractivity (Wildman–Crippen MR) is 124 cm³/mol. The molecule has 6 nitrogen and oxygen atoms in total. The van der Waals surface area contributed by atoms with Gasteiger partial charge in [-0.3, -0.25) is 4.72 Å². The molecule has 0 radical (unpaired) electrons. The van der Waals surface area contributed by atoms with Crippen LogP contribution in [0.5, 0.6) is 0 Å². The zero-order valence-corrected chi connectivity index (χ0v) is 20.7. The summed E-state index contributed by atoms with van der Waals surface area (Å²) in [5, 5.41) is 0. The number of hydrogen-bond acceptors (Lipinski definition) is 4. The van der Waals surface area contributed by atoms with Crippen LogP contribution in [-0.4, -0.2) is 34.2 Å². The fraction of sp³-hybridized carbons (Fsp3) is 0.478. The molecule has 31 heavy (non-hydrogen) atoms. The minimum absolute atomic E-state index is 0.176. The summed E-state index contributed by atoms with van der Waals surface area (Å²) < 4.78 is 56.5. The Labute approximate surface area is 186 Å². The Bertz CT molecular complexity index is 1150. The van der Waals surface area contributed by atoms with Crippen LogP contribution in [0.1, 0.15) is 42.5 Å². The second kappa shape index (κ2) is 8.56. The molecule has 1 aliphatic heterocycles. The number of sulfonamides is 2. The lowest BCUT2D eigenvalue weighted by molar-refractivity contribution is 0.222. The van der Waals surface area contributed by atoms with Gasteiger partial charge in [-0.15, -0.1) is 0 Å². The maximum atomic E-state index is 13.1. The van der Waals surface area contributed by atoms with Crippen molar-refractivity contribution in [2.24, 2.45) is 11.8 Å². The molecule has 0 bridgehead atoms. The third-order valence-corrected chi connectivity index (χ3v) is 9.65. The molecule has 1 N–H and O–H groups in total. The zero-order chi connectivity index (χ0) is 23.1. The average Bonchev–Trinajstić information content (AvgIpc) is 2.66. The topological polar surface area (TPSA) is 83.5 Å². The first-order valence-corrected chi connectivity index (χ1v) is 13.5. The highest BCUT2D eigenvalue weighted by Crippen LogP contribution is 2.30. The molecule has 8 heteroatoms. The van der Waals surface area contributed by atoms with Gasteiger partial charge in [0, 0.05) is 18.8 Å². The molecule has 2 aromatic carbocycles. The lowest BCUT2D eigenvalue weighted by Gasteiger charge is -2.34. The number of anilines is 1. The van der Waals surface area contributed by atoms with Crippen molar-refractivity contribution < 1.29 is 16.8 Å². The summed E-state index contributed by atoms with van der Waals surface area (Å²) in [6.45, 7) is 12.5. The van der Waals surface area contributed by atoms with Gasteiger partial charge >= 0.3 is 0 Å². The molecular weight excluding hydrogens is 432 g/mol. The van der Waals surface area contributed by atoms with Crippen molar-refractivity contribution in [1.29, 1.82) is 0 Å². The minimum Gasteiger partial charge on any atom is -0.280 e. The summed E-state index contributed by atoms with van der Waals surface area (Å²) in [6.07, 6.45) is 1.02. The number of hydrogen-bond donors (Lipinski definition) is 1. The highest BCUT2D eigenvalue weighted by Gasteiger charge is 2.31. The molecule has 1 aliphatic rings. The average molecular weight is 465 g/mol. The number of nitrogens with zero attached hydrogens (tertiary/aromatic N) is 1. The van der Waals surface area contributed by atoms with Gasteiger partial charge in [0.1, 0.15) is 0 Å². The number of rotatable bonds is 5. The van der Waals surface area contributed by atoms with E-state index in [1.165, 1.54) is 28.6 Å². The van der Waals surface area contributed by atoms with E-state index in [2.05, 4.69) is 18.6 Å². The fourth-order valence-electron chi connectivity index (χ4n) is 4.44. The predicted octanol–water partition coefficient (Wildman–Crippen LogP) is 4.39. The van der Waals surface area contributed by atoms with Gasteiger partial charge in [-0.1, -0.05) is 19.9 Å². The van der Waals surface area contributed by atoms with Gasteiger partial charge in [-0.25, -0.2) is 16.8 Å². The van der Waals surface area contributed by atoms with E-state index in [1.54, 1.807) is 13.8 Å². The van der Waals surface area contributed by atoms with Crippen LogP contribution in [0.25, 0.3) is 0 Å². The molecule has 170 valence electrons. The Balaban J connectivity index is 1.88. The van der Waals surface area contributed by atoms with Crippen LogP contribution < -0.4 is 4.72 Å². The van der Waals surface area contributed by atoms with Crippen LogP contribution in [0.4, 0.5) is 5.69 Å². The molecule has 0 spiro atoms. The van der Waals surface area contributed by atoms with Gasteiger partial charge in [-0.05, 0) is 92.5 Å². The van der Waals surface area contributed by atoms with E-state index in [4.69, 9.17) is 0 Å². The monoisotopic (exact) mass is 464 g/mol. The molecule has 2 aromatic rings. The lowest BCUT2D eigenvalue weighted by atomic mass is 9.94. The van der Waals surface area contributed by atoms with Crippen molar-refractivity contribution in [3.8, 4) is 0 Å². The third-order valence-electron chi connectivity index (χ3n) is 6.15. The van der Waals surface area contributed by atoms with E-state index < -0.39 is 20.0 Å². The molecular formula is C23H32N2O4S2. The molecule has 0 saturated carbocycles. The molecule has 2 atom stereocenters. The van der Waals surface area contributed by atoms with E-state index in [9.17, 15) is 16.8 Å². The highest BCUT2D eigenvalue weighted by atomic mass is 32.2. The van der Waals surface area contributed by atoms with Gasteiger partial charge < -0.3 is 0 Å². The number of nitrogens with one attached hydrogen (secondary N) is 1. The van der Waals surface area contributed by atoms with Gasteiger partial charge in [0.25, 0.3) is 10.0 Å². The van der Waals surface area contributed by atoms with Gasteiger partial charge in [-0.2, -0.15) is 4.31 Å². The van der Waals surface area contributed by atoms with Crippen molar-refractivity contribution in [2.75, 3.05) is 17.8 Å². The minimum atomic E-state index is -3.81. The summed E-state index contributed by atoms with van der Waals surface area (Å²) in [5.41, 5.74) is 3.58. The fourth-order valence-corrected chi connectivity index (χ4v) is 7.79. The first-order valence-electron chi connectivity index (χ1n) is 10.5. The van der Waals surface area contributed by atoms with Crippen molar-refractivity contribution in [2.45, 2.75) is 57.8 Å². The summed E-state index contributed by atoms with van der Waals surface area (Å²) in [5.74, 6) is 0.628. The first kappa shape index (κ1) is 23.8. The van der Waals surface area contributed by atoms with E-state index in [0.29, 0.717) is 41.7 Å². The van der Waals surface area contributed by atoms with Crippen molar-refractivity contribution >= 4 is 25.7 Å². The van der Waals surface area contributed by atoms with E-state index in [1.807, 2.05) is 19.9 Å². The first-order chi connectivity index (χ1) is 14.3.